The summed E-state index contributed by atoms with van der Waals surface area (Å²) in [4.78, 5) is 27.3. The lowest BCUT2D eigenvalue weighted by atomic mass is 9.90. The van der Waals surface area contributed by atoms with E-state index in [9.17, 15) is 14.7 Å². The summed E-state index contributed by atoms with van der Waals surface area (Å²) in [5.74, 6) is -0.632. The van der Waals surface area contributed by atoms with Crippen LogP contribution in [0.25, 0.3) is 0 Å². The summed E-state index contributed by atoms with van der Waals surface area (Å²) >= 11 is 3.37. The molecular formula is C16H20BrN2O4+. The fraction of sp³-hybridized carbons (Fsp3) is 0.500. The summed E-state index contributed by atoms with van der Waals surface area (Å²) in [6.45, 7) is 4.84. The van der Waals surface area contributed by atoms with Gasteiger partial charge in [0.1, 0.15) is 18.9 Å². The van der Waals surface area contributed by atoms with Crippen LogP contribution in [-0.2, 0) is 19.9 Å². The van der Waals surface area contributed by atoms with Crippen LogP contribution >= 0.6 is 15.9 Å². The number of amides is 1. The number of Topliss-reactive ketones (excluding diaryl/α,β-unsaturated/α-hetero) is 1. The number of morpholine rings is 1. The molecule has 0 aliphatic carbocycles. The van der Waals surface area contributed by atoms with E-state index in [-0.39, 0.29) is 12.2 Å². The number of quaternary nitrogens is 1. The Balaban J connectivity index is 1.95. The number of carbonyl (C=O) groups excluding carboxylic acids is 2. The summed E-state index contributed by atoms with van der Waals surface area (Å²) in [6, 6.07) is 5.38. The molecule has 124 valence electrons. The van der Waals surface area contributed by atoms with Crippen LogP contribution in [0.5, 0.6) is 0 Å². The number of benzene rings is 1. The molecule has 1 fully saturated rings. The molecular weight excluding hydrogens is 364 g/mol. The lowest BCUT2D eigenvalue weighted by Crippen LogP contribution is -3.15. The van der Waals surface area contributed by atoms with Crippen molar-refractivity contribution >= 4 is 33.3 Å². The second-order valence-electron chi connectivity index (χ2n) is 6.15. The van der Waals surface area contributed by atoms with Gasteiger partial charge in [0.05, 0.1) is 18.9 Å². The van der Waals surface area contributed by atoms with E-state index in [4.69, 9.17) is 4.74 Å². The molecule has 0 aromatic heterocycles. The minimum Gasteiger partial charge on any atom is -0.375 e. The number of ether oxygens (including phenoxy) is 1. The number of hydrogen-bond acceptors (Lipinski definition) is 4. The maximum atomic E-state index is 12.9. The monoisotopic (exact) mass is 383 g/mol. The second-order valence-corrected chi connectivity index (χ2v) is 7.07. The van der Waals surface area contributed by atoms with Crippen molar-refractivity contribution < 1.29 is 24.3 Å². The number of anilines is 1. The first-order chi connectivity index (χ1) is 10.9. The summed E-state index contributed by atoms with van der Waals surface area (Å²) in [7, 11) is 0. The van der Waals surface area contributed by atoms with E-state index < -0.39 is 11.5 Å². The van der Waals surface area contributed by atoms with Crippen LogP contribution in [0.1, 0.15) is 18.9 Å². The van der Waals surface area contributed by atoms with Gasteiger partial charge in [-0.1, -0.05) is 15.9 Å². The Labute approximate surface area is 143 Å². The van der Waals surface area contributed by atoms with Crippen molar-refractivity contribution in [2.24, 2.45) is 0 Å². The zero-order chi connectivity index (χ0) is 16.6. The van der Waals surface area contributed by atoms with Gasteiger partial charge in [0.15, 0.2) is 12.3 Å². The Bertz CT molecular complexity index is 645. The van der Waals surface area contributed by atoms with Crippen LogP contribution < -0.4 is 9.80 Å². The van der Waals surface area contributed by atoms with Gasteiger partial charge in [-0.15, -0.1) is 0 Å². The highest BCUT2D eigenvalue weighted by molar-refractivity contribution is 9.10. The van der Waals surface area contributed by atoms with Crippen molar-refractivity contribution in [3.05, 3.63) is 28.2 Å². The van der Waals surface area contributed by atoms with Crippen molar-refractivity contribution in [3.63, 3.8) is 0 Å². The SMILES string of the molecule is CC(=O)C[C@]1(O)C(=O)N(C[NH+]2CCOCC2)c2ccc(Br)cc21. The standard InChI is InChI=1S/C16H19BrN2O4/c1-11(20)9-16(22)13-8-12(17)2-3-14(13)19(15(16)21)10-18-4-6-23-7-5-18/h2-3,8,22H,4-7,9-10H2,1H3/p+1/t16-/m1/s1. The molecule has 23 heavy (non-hydrogen) atoms. The lowest BCUT2D eigenvalue weighted by molar-refractivity contribution is -0.906. The number of nitrogens with one attached hydrogen (secondary N) is 1. The highest BCUT2D eigenvalue weighted by Gasteiger charge is 2.51. The first-order valence-corrected chi connectivity index (χ1v) is 8.46. The molecule has 1 saturated heterocycles. The Morgan fingerprint density at radius 1 is 1.43 bits per heavy atom. The number of ketones is 1. The van der Waals surface area contributed by atoms with E-state index >= 15 is 0 Å². The fourth-order valence-electron chi connectivity index (χ4n) is 3.25. The number of aliphatic hydroxyl groups is 1. The van der Waals surface area contributed by atoms with Gasteiger partial charge in [-0.05, 0) is 25.1 Å². The molecule has 2 aliphatic heterocycles. The van der Waals surface area contributed by atoms with E-state index in [1.807, 2.05) is 12.1 Å². The fourth-order valence-corrected chi connectivity index (χ4v) is 3.61. The number of fused-ring (bicyclic) bond motifs is 1. The van der Waals surface area contributed by atoms with Crippen LogP contribution in [0, 0.1) is 0 Å². The van der Waals surface area contributed by atoms with Gasteiger partial charge in [-0.25, -0.2) is 0 Å². The molecule has 0 saturated carbocycles. The maximum absolute atomic E-state index is 12.9. The van der Waals surface area contributed by atoms with Crippen molar-refractivity contribution in [2.45, 2.75) is 18.9 Å². The van der Waals surface area contributed by atoms with E-state index in [2.05, 4.69) is 15.9 Å². The van der Waals surface area contributed by atoms with Gasteiger partial charge < -0.3 is 14.7 Å². The van der Waals surface area contributed by atoms with Crippen LogP contribution in [0.15, 0.2) is 22.7 Å². The van der Waals surface area contributed by atoms with Gasteiger partial charge in [0.25, 0.3) is 5.91 Å². The van der Waals surface area contributed by atoms with Crippen molar-refractivity contribution in [1.29, 1.82) is 0 Å². The highest BCUT2D eigenvalue weighted by atomic mass is 79.9. The van der Waals surface area contributed by atoms with Gasteiger partial charge in [0.2, 0.25) is 0 Å². The summed E-state index contributed by atoms with van der Waals surface area (Å²) in [5, 5.41) is 10.9. The van der Waals surface area contributed by atoms with Crippen LogP contribution in [0.3, 0.4) is 0 Å². The molecule has 0 radical (unpaired) electrons. The second kappa shape index (κ2) is 6.32. The van der Waals surface area contributed by atoms with Crippen molar-refractivity contribution in [3.8, 4) is 0 Å². The molecule has 3 rings (SSSR count). The Kier molecular flexibility index (Phi) is 4.55. The molecule has 1 atom stereocenters. The molecule has 0 bridgehead atoms. The number of halogens is 1. The summed E-state index contributed by atoms with van der Waals surface area (Å²) in [5.41, 5.74) is -0.586. The van der Waals surface area contributed by atoms with Crippen molar-refractivity contribution in [1.82, 2.24) is 0 Å². The topological polar surface area (TPSA) is 71.3 Å². The quantitative estimate of drug-likeness (QED) is 0.757. The average molecular weight is 384 g/mol. The minimum absolute atomic E-state index is 0.204. The molecule has 1 aromatic rings. The Hall–Kier alpha value is -1.28. The normalized spacial score (nSPS) is 24.8. The average Bonchev–Trinajstić information content (AvgIpc) is 2.70. The molecule has 2 N–H and O–H groups in total. The van der Waals surface area contributed by atoms with E-state index in [1.165, 1.54) is 11.8 Å². The molecule has 1 amide bonds. The van der Waals surface area contributed by atoms with Gasteiger partial charge in [-0.2, -0.15) is 0 Å². The van der Waals surface area contributed by atoms with E-state index in [0.29, 0.717) is 31.1 Å². The first kappa shape index (κ1) is 16.6. The number of hydrogen-bond donors (Lipinski definition) is 2. The van der Waals surface area contributed by atoms with Crippen LogP contribution in [0.2, 0.25) is 0 Å². The molecule has 2 aliphatic rings. The third kappa shape index (κ3) is 3.06. The van der Waals surface area contributed by atoms with Gasteiger partial charge >= 0.3 is 0 Å². The molecule has 7 heteroatoms. The van der Waals surface area contributed by atoms with Gasteiger partial charge in [-0.3, -0.25) is 14.5 Å². The summed E-state index contributed by atoms with van der Waals surface area (Å²) < 4.78 is 6.12. The molecule has 0 spiro atoms. The van der Waals surface area contributed by atoms with Crippen LogP contribution in [0.4, 0.5) is 5.69 Å². The Morgan fingerprint density at radius 3 is 2.78 bits per heavy atom. The minimum atomic E-state index is -1.77. The molecule has 0 unspecified atom stereocenters. The molecule has 2 heterocycles. The highest BCUT2D eigenvalue weighted by Crippen LogP contribution is 2.43. The Morgan fingerprint density at radius 2 is 2.13 bits per heavy atom. The third-order valence-corrected chi connectivity index (χ3v) is 4.87. The zero-order valence-electron chi connectivity index (χ0n) is 13.0. The largest absolute Gasteiger partial charge is 0.375 e. The smallest absolute Gasteiger partial charge is 0.268 e. The van der Waals surface area contributed by atoms with E-state index in [0.717, 1.165) is 17.6 Å². The summed E-state index contributed by atoms with van der Waals surface area (Å²) in [6.07, 6.45) is -0.204. The predicted molar refractivity (Wildman–Crippen MR) is 87.2 cm³/mol. The number of carbonyl (C=O) groups is 2. The van der Waals surface area contributed by atoms with Crippen LogP contribution in [-0.4, -0.2) is 49.8 Å². The third-order valence-electron chi connectivity index (χ3n) is 4.38. The molecule has 6 nitrogen and oxygen atoms in total. The molecule has 1 aromatic carbocycles. The van der Waals surface area contributed by atoms with E-state index in [1.54, 1.807) is 11.0 Å². The van der Waals surface area contributed by atoms with Gasteiger partial charge in [0, 0.05) is 16.5 Å². The number of nitrogens with zero attached hydrogens (tertiary/aromatic N) is 1. The predicted octanol–water partition coefficient (Wildman–Crippen LogP) is -0.165. The first-order valence-electron chi connectivity index (χ1n) is 7.67. The lowest BCUT2D eigenvalue weighted by Gasteiger charge is -2.29. The maximum Gasteiger partial charge on any atom is 0.268 e. The zero-order valence-corrected chi connectivity index (χ0v) is 14.6. The van der Waals surface area contributed by atoms with Crippen molar-refractivity contribution in [2.75, 3.05) is 37.9 Å². The number of rotatable bonds is 4.